The molecule has 3 heterocycles. The van der Waals surface area contributed by atoms with E-state index in [1.165, 1.54) is 148 Å². The maximum absolute atomic E-state index is 13.4. The van der Waals surface area contributed by atoms with Crippen LogP contribution in [0.3, 0.4) is 0 Å². The van der Waals surface area contributed by atoms with Gasteiger partial charge in [-0.1, -0.05) is 247 Å². The highest BCUT2D eigenvalue weighted by Crippen LogP contribution is 2.33. The lowest BCUT2D eigenvalue weighted by atomic mass is 9.96. The molecule has 0 aromatic heterocycles. The third-order valence-corrected chi connectivity index (χ3v) is 17.7. The number of aliphatic hydroxyl groups excluding tert-OH is 11. The van der Waals surface area contributed by atoms with Gasteiger partial charge in [0.1, 0.15) is 73.2 Å². The Morgan fingerprint density at radius 2 is 0.761 bits per heavy atom. The smallest absolute Gasteiger partial charge is 0.220 e. The number of allylic oxidation sites excluding steroid dienone is 11. The van der Waals surface area contributed by atoms with E-state index in [2.05, 4.69) is 79.9 Å². The van der Waals surface area contributed by atoms with Gasteiger partial charge >= 0.3 is 0 Å². The Morgan fingerprint density at radius 3 is 1.22 bits per heavy atom. The van der Waals surface area contributed by atoms with Gasteiger partial charge in [0.05, 0.1) is 38.6 Å². The van der Waals surface area contributed by atoms with Crippen LogP contribution >= 0.6 is 0 Å². The normalized spacial score (nSPS) is 28.1. The van der Waals surface area contributed by atoms with Crippen molar-refractivity contribution in [1.82, 2.24) is 5.32 Å². The second-order valence-corrected chi connectivity index (χ2v) is 25.7. The average Bonchev–Trinajstić information content (AvgIpc) is 0.854. The van der Waals surface area contributed by atoms with Gasteiger partial charge in [0, 0.05) is 6.42 Å². The van der Waals surface area contributed by atoms with E-state index in [-0.39, 0.29) is 18.9 Å². The van der Waals surface area contributed by atoms with Crippen molar-refractivity contribution in [2.75, 3.05) is 26.4 Å². The van der Waals surface area contributed by atoms with Crippen molar-refractivity contribution >= 4 is 5.91 Å². The summed E-state index contributed by atoms with van der Waals surface area (Å²) in [6.45, 7) is 1.62. The zero-order chi connectivity index (χ0) is 66.8. The van der Waals surface area contributed by atoms with Crippen molar-refractivity contribution in [3.8, 4) is 0 Å². The van der Waals surface area contributed by atoms with Gasteiger partial charge in [-0.3, -0.25) is 4.79 Å². The maximum atomic E-state index is 13.4. The quantitative estimate of drug-likeness (QED) is 0.0199. The van der Waals surface area contributed by atoms with E-state index in [1.54, 1.807) is 6.08 Å². The number of hydrogen-bond donors (Lipinski definition) is 12. The fourth-order valence-electron chi connectivity index (χ4n) is 11.9. The molecule has 0 aliphatic carbocycles. The third-order valence-electron chi connectivity index (χ3n) is 17.7. The molecule has 92 heavy (non-hydrogen) atoms. The molecule has 3 saturated heterocycles. The lowest BCUT2D eigenvalue weighted by Crippen LogP contribution is -2.66. The highest BCUT2D eigenvalue weighted by Gasteiger charge is 2.53. The average molecular weight is 1310 g/mol. The second-order valence-electron chi connectivity index (χ2n) is 25.7. The molecule has 534 valence electrons. The van der Waals surface area contributed by atoms with Crippen LogP contribution in [0.25, 0.3) is 0 Å². The molecule has 19 nitrogen and oxygen atoms in total. The molecule has 0 aromatic carbocycles. The van der Waals surface area contributed by atoms with E-state index >= 15 is 0 Å². The van der Waals surface area contributed by atoms with Gasteiger partial charge in [0.25, 0.3) is 0 Å². The van der Waals surface area contributed by atoms with Crippen LogP contribution in [0.5, 0.6) is 0 Å². The molecule has 0 bridgehead atoms. The first-order valence-corrected chi connectivity index (χ1v) is 36.2. The fraction of sp³-hybridized carbons (Fsp3) is 0.822. The van der Waals surface area contributed by atoms with Crippen LogP contribution < -0.4 is 5.32 Å². The van der Waals surface area contributed by atoms with Crippen LogP contribution in [-0.2, 0) is 33.2 Å². The highest BCUT2D eigenvalue weighted by atomic mass is 16.8. The number of carbonyl (C=O) groups excluding carboxylic acids is 1. The van der Waals surface area contributed by atoms with E-state index in [4.69, 9.17) is 28.4 Å². The van der Waals surface area contributed by atoms with Gasteiger partial charge in [0.2, 0.25) is 5.91 Å². The summed E-state index contributed by atoms with van der Waals surface area (Å²) in [7, 11) is 0. The van der Waals surface area contributed by atoms with Gasteiger partial charge in [-0.05, 0) is 70.6 Å². The third kappa shape index (κ3) is 35.5. The second kappa shape index (κ2) is 54.3. The molecule has 1 amide bonds. The summed E-state index contributed by atoms with van der Waals surface area (Å²) in [5.41, 5.74) is 0. The van der Waals surface area contributed by atoms with E-state index < -0.39 is 124 Å². The number of unbranched alkanes of at least 4 members (excludes halogenated alkanes) is 29. The summed E-state index contributed by atoms with van der Waals surface area (Å²) < 4.78 is 34.4. The maximum Gasteiger partial charge on any atom is 0.220 e. The SMILES string of the molecule is CC/C=C\C/C=C\C/C=C\C/C=C\CCCCCCCCCCCCCCCCC(=O)NC(COC1OC(CO)C(OC2OC(CO)C(OC3OC(CO)C(O)C(O)C3O)C(O)C2O)C(O)C1O)C(O)/C=C/CC/C=C/CCCCCCCCCCCCCCCC. The standard InChI is InChI=1S/C73H129NO18/c1-3-5-7-9-11-13-15-17-19-21-23-25-26-27-28-29-30-31-33-35-37-39-41-43-45-47-49-51-61(79)74-56(57(78)50-48-46-44-42-40-38-36-34-32-24-22-20-18-16-14-12-10-8-6-4-2)55-87-71-67(85)64(82)69(59(53-76)89-71)92-73-68(86)65(83)70(60(54-77)90-73)91-72-66(84)63(81)62(80)58(52-75)88-72/h5,7,11,13,17,19,23,25,40,42,48,50,56-60,62-73,75-78,80-86H,3-4,6,8-10,12,14-16,18,20-22,24,26-39,41,43-47,49,51-55H2,1-2H3,(H,74,79)/b7-5-,13-11-,19-17-,25-23-,42-40+,50-48+. The first kappa shape index (κ1) is 83.5. The molecule has 12 N–H and O–H groups in total. The summed E-state index contributed by atoms with van der Waals surface area (Å²) in [6.07, 6.45) is 41.6. The largest absolute Gasteiger partial charge is 0.394 e. The fourth-order valence-corrected chi connectivity index (χ4v) is 11.9. The van der Waals surface area contributed by atoms with Crippen LogP contribution in [0.15, 0.2) is 72.9 Å². The van der Waals surface area contributed by atoms with Crippen LogP contribution in [0.4, 0.5) is 0 Å². The molecular weight excluding hydrogens is 1180 g/mol. The van der Waals surface area contributed by atoms with E-state index in [1.807, 2.05) is 6.08 Å². The summed E-state index contributed by atoms with van der Waals surface area (Å²) in [5, 5.41) is 121. The molecule has 0 radical (unpaired) electrons. The predicted molar refractivity (Wildman–Crippen MR) is 360 cm³/mol. The Morgan fingerprint density at radius 1 is 0.402 bits per heavy atom. The molecule has 3 aliphatic heterocycles. The number of rotatable bonds is 55. The number of carbonyl (C=O) groups is 1. The van der Waals surface area contributed by atoms with Crippen molar-refractivity contribution in [3.63, 3.8) is 0 Å². The van der Waals surface area contributed by atoms with Crippen molar-refractivity contribution in [2.45, 2.75) is 356 Å². The number of amides is 1. The van der Waals surface area contributed by atoms with Crippen LogP contribution in [-0.4, -0.2) is 193 Å². The molecule has 0 aromatic rings. The lowest BCUT2D eigenvalue weighted by Gasteiger charge is -2.48. The van der Waals surface area contributed by atoms with E-state index in [0.717, 1.165) is 70.6 Å². The van der Waals surface area contributed by atoms with E-state index in [9.17, 15) is 61.0 Å². The monoisotopic (exact) mass is 1310 g/mol. The minimum atomic E-state index is -1.98. The lowest BCUT2D eigenvalue weighted by molar-refractivity contribution is -0.379. The van der Waals surface area contributed by atoms with Gasteiger partial charge in [0.15, 0.2) is 18.9 Å². The Labute approximate surface area is 553 Å². The van der Waals surface area contributed by atoms with E-state index in [0.29, 0.717) is 12.8 Å². The van der Waals surface area contributed by atoms with Crippen LogP contribution in [0.1, 0.15) is 251 Å². The van der Waals surface area contributed by atoms with Gasteiger partial charge in [-0.25, -0.2) is 0 Å². The zero-order valence-electron chi connectivity index (χ0n) is 56.5. The van der Waals surface area contributed by atoms with Crippen molar-refractivity contribution in [3.05, 3.63) is 72.9 Å². The van der Waals surface area contributed by atoms with Crippen LogP contribution in [0, 0.1) is 0 Å². The molecule has 19 heteroatoms. The first-order valence-electron chi connectivity index (χ1n) is 36.2. The van der Waals surface area contributed by atoms with Gasteiger partial charge in [-0.15, -0.1) is 0 Å². The van der Waals surface area contributed by atoms with Crippen molar-refractivity contribution in [2.24, 2.45) is 0 Å². The Balaban J connectivity index is 1.43. The summed E-state index contributed by atoms with van der Waals surface area (Å²) in [5.74, 6) is -0.287. The summed E-state index contributed by atoms with van der Waals surface area (Å²) in [4.78, 5) is 13.4. The first-order chi connectivity index (χ1) is 44.8. The molecule has 17 unspecified atom stereocenters. The summed E-state index contributed by atoms with van der Waals surface area (Å²) in [6, 6.07) is -0.994. The molecule has 0 spiro atoms. The molecule has 3 fully saturated rings. The zero-order valence-corrected chi connectivity index (χ0v) is 56.5. The topological polar surface area (TPSA) is 307 Å². The van der Waals surface area contributed by atoms with Crippen molar-refractivity contribution < 1.29 is 89.4 Å². The predicted octanol–water partition coefficient (Wildman–Crippen LogP) is 10.1. The minimum absolute atomic E-state index is 0.232. The Bertz CT molecular complexity index is 1950. The molecule has 0 saturated carbocycles. The molecule has 17 atom stereocenters. The summed E-state index contributed by atoms with van der Waals surface area (Å²) >= 11 is 0. The van der Waals surface area contributed by atoms with Crippen molar-refractivity contribution in [1.29, 1.82) is 0 Å². The molecule has 3 rings (SSSR count). The number of ether oxygens (including phenoxy) is 6. The van der Waals surface area contributed by atoms with Crippen LogP contribution in [0.2, 0.25) is 0 Å². The Kier molecular flexibility index (Phi) is 49.2. The highest BCUT2D eigenvalue weighted by molar-refractivity contribution is 5.76. The minimum Gasteiger partial charge on any atom is -0.394 e. The van der Waals surface area contributed by atoms with Gasteiger partial charge < -0.3 is 89.9 Å². The number of nitrogens with one attached hydrogen (secondary N) is 1. The molecule has 3 aliphatic rings. The number of aliphatic hydroxyl groups is 11. The molecular formula is C73H129NO18. The van der Waals surface area contributed by atoms with Gasteiger partial charge in [-0.2, -0.15) is 0 Å². The number of hydrogen-bond acceptors (Lipinski definition) is 18. The Hall–Kier alpha value is -2.77.